The lowest BCUT2D eigenvalue weighted by molar-refractivity contribution is 0.101. The molecule has 2 nitrogen and oxygen atoms in total. The van der Waals surface area contributed by atoms with Crippen LogP contribution in [0.4, 0.5) is 0 Å². The molecule has 0 amide bonds. The molecule has 0 bridgehead atoms. The third-order valence-corrected chi connectivity index (χ3v) is 3.27. The summed E-state index contributed by atoms with van der Waals surface area (Å²) < 4.78 is 6.15. The van der Waals surface area contributed by atoms with Crippen molar-refractivity contribution in [1.82, 2.24) is 0 Å². The Balaban J connectivity index is 3.21. The summed E-state index contributed by atoms with van der Waals surface area (Å²) in [6.45, 7) is 3.97. The number of ether oxygens (including phenoxy) is 1. The highest BCUT2D eigenvalue weighted by Gasteiger charge is 2.11. The van der Waals surface area contributed by atoms with Gasteiger partial charge in [0.05, 0.1) is 11.6 Å². The molecular weight excluding hydrogens is 314 g/mol. The van der Waals surface area contributed by atoms with E-state index in [0.29, 0.717) is 22.9 Å². The van der Waals surface area contributed by atoms with Crippen molar-refractivity contribution in [2.45, 2.75) is 13.8 Å². The van der Waals surface area contributed by atoms with Crippen LogP contribution in [0.25, 0.3) is 0 Å². The highest BCUT2D eigenvalue weighted by Crippen LogP contribution is 2.28. The normalized spacial score (nSPS) is 10.0. The van der Waals surface area contributed by atoms with Crippen LogP contribution in [0.15, 0.2) is 12.1 Å². The molecule has 0 aliphatic carbocycles. The fourth-order valence-electron chi connectivity index (χ4n) is 1.07. The SMILES string of the molecule is CCOc1cc(I)c(Cl)c(C(C)=O)c1. The first-order valence-corrected chi connectivity index (χ1v) is 5.64. The number of hydrogen-bond donors (Lipinski definition) is 0. The second-order valence-electron chi connectivity index (χ2n) is 2.76. The molecule has 1 rings (SSSR count). The summed E-state index contributed by atoms with van der Waals surface area (Å²) in [5.41, 5.74) is 0.516. The van der Waals surface area contributed by atoms with Gasteiger partial charge in [-0.15, -0.1) is 0 Å². The molecule has 1 aromatic rings. The molecule has 0 aliphatic heterocycles. The van der Waals surface area contributed by atoms with Gasteiger partial charge in [0.2, 0.25) is 0 Å². The number of rotatable bonds is 3. The maximum atomic E-state index is 11.2. The lowest BCUT2D eigenvalue weighted by atomic mass is 10.1. The Morgan fingerprint density at radius 1 is 1.57 bits per heavy atom. The first-order valence-electron chi connectivity index (χ1n) is 4.19. The lowest BCUT2D eigenvalue weighted by Gasteiger charge is -2.07. The van der Waals surface area contributed by atoms with E-state index in [2.05, 4.69) is 22.6 Å². The van der Waals surface area contributed by atoms with Gasteiger partial charge < -0.3 is 4.74 Å². The minimum absolute atomic E-state index is 0.0468. The van der Waals surface area contributed by atoms with Gasteiger partial charge >= 0.3 is 0 Å². The number of hydrogen-bond acceptors (Lipinski definition) is 2. The van der Waals surface area contributed by atoms with Crippen LogP contribution in [0.1, 0.15) is 24.2 Å². The van der Waals surface area contributed by atoms with Crippen molar-refractivity contribution < 1.29 is 9.53 Å². The summed E-state index contributed by atoms with van der Waals surface area (Å²) in [6, 6.07) is 3.50. The van der Waals surface area contributed by atoms with Gasteiger partial charge in [-0.25, -0.2) is 0 Å². The summed E-state index contributed by atoms with van der Waals surface area (Å²) in [5, 5.41) is 0.501. The largest absolute Gasteiger partial charge is 0.494 e. The van der Waals surface area contributed by atoms with Crippen LogP contribution in [0, 0.1) is 3.57 Å². The van der Waals surface area contributed by atoms with E-state index in [1.54, 1.807) is 6.07 Å². The smallest absolute Gasteiger partial charge is 0.161 e. The molecule has 0 heterocycles. The topological polar surface area (TPSA) is 26.3 Å². The van der Waals surface area contributed by atoms with Crippen molar-refractivity contribution in [3.05, 3.63) is 26.3 Å². The molecule has 0 N–H and O–H groups in total. The van der Waals surface area contributed by atoms with Crippen molar-refractivity contribution in [1.29, 1.82) is 0 Å². The zero-order valence-corrected chi connectivity index (χ0v) is 10.8. The minimum Gasteiger partial charge on any atom is -0.494 e. The van der Waals surface area contributed by atoms with Gasteiger partial charge in [-0.1, -0.05) is 11.6 Å². The van der Waals surface area contributed by atoms with E-state index in [4.69, 9.17) is 16.3 Å². The van der Waals surface area contributed by atoms with Gasteiger partial charge in [-0.2, -0.15) is 0 Å². The average Bonchev–Trinajstić information content (AvgIpc) is 2.11. The summed E-state index contributed by atoms with van der Waals surface area (Å²) in [5.74, 6) is 0.640. The van der Waals surface area contributed by atoms with Crippen molar-refractivity contribution in [3.63, 3.8) is 0 Å². The highest BCUT2D eigenvalue weighted by molar-refractivity contribution is 14.1. The van der Waals surface area contributed by atoms with Gasteiger partial charge in [-0.05, 0) is 48.6 Å². The summed E-state index contributed by atoms with van der Waals surface area (Å²) in [7, 11) is 0. The quantitative estimate of drug-likeness (QED) is 0.628. The van der Waals surface area contributed by atoms with Crippen molar-refractivity contribution in [2.75, 3.05) is 6.61 Å². The predicted molar refractivity (Wildman–Crippen MR) is 65.3 cm³/mol. The number of halogens is 2. The summed E-state index contributed by atoms with van der Waals surface area (Å²) in [6.07, 6.45) is 0. The summed E-state index contributed by atoms with van der Waals surface area (Å²) in [4.78, 5) is 11.2. The number of benzene rings is 1. The number of carbonyl (C=O) groups excluding carboxylic acids is 1. The van der Waals surface area contributed by atoms with E-state index in [1.807, 2.05) is 13.0 Å². The second kappa shape index (κ2) is 4.98. The van der Waals surface area contributed by atoms with Crippen LogP contribution in [-0.2, 0) is 0 Å². The number of Topliss-reactive ketones (excluding diaryl/α,β-unsaturated/α-hetero) is 1. The Kier molecular flexibility index (Phi) is 4.19. The monoisotopic (exact) mass is 324 g/mol. The Morgan fingerprint density at radius 3 is 2.71 bits per heavy atom. The van der Waals surface area contributed by atoms with Crippen LogP contribution >= 0.6 is 34.2 Å². The van der Waals surface area contributed by atoms with Gasteiger partial charge in [-0.3, -0.25) is 4.79 Å². The highest BCUT2D eigenvalue weighted by atomic mass is 127. The molecular formula is C10H10ClIO2. The zero-order chi connectivity index (χ0) is 10.7. The van der Waals surface area contributed by atoms with Crippen molar-refractivity contribution >= 4 is 40.0 Å². The van der Waals surface area contributed by atoms with Crippen LogP contribution in [0.3, 0.4) is 0 Å². The molecule has 0 fully saturated rings. The first-order chi connectivity index (χ1) is 6.56. The maximum Gasteiger partial charge on any atom is 0.161 e. The molecule has 0 radical (unpaired) electrons. The molecule has 0 atom stereocenters. The van der Waals surface area contributed by atoms with E-state index in [9.17, 15) is 4.79 Å². The van der Waals surface area contributed by atoms with E-state index in [1.165, 1.54) is 6.92 Å². The molecule has 0 saturated heterocycles. The fourth-order valence-corrected chi connectivity index (χ4v) is 1.91. The molecule has 0 aliphatic rings. The van der Waals surface area contributed by atoms with Gasteiger partial charge in [0.25, 0.3) is 0 Å². The Morgan fingerprint density at radius 2 is 2.21 bits per heavy atom. The van der Waals surface area contributed by atoms with Crippen LogP contribution < -0.4 is 4.74 Å². The molecule has 0 aromatic heterocycles. The van der Waals surface area contributed by atoms with Gasteiger partial charge in [0.15, 0.2) is 5.78 Å². The van der Waals surface area contributed by atoms with Crippen molar-refractivity contribution in [3.8, 4) is 5.75 Å². The average molecular weight is 325 g/mol. The van der Waals surface area contributed by atoms with E-state index in [0.717, 1.165) is 3.57 Å². The maximum absolute atomic E-state index is 11.2. The molecule has 0 unspecified atom stereocenters. The van der Waals surface area contributed by atoms with Crippen LogP contribution in [0.2, 0.25) is 5.02 Å². The number of carbonyl (C=O) groups is 1. The van der Waals surface area contributed by atoms with Crippen LogP contribution in [0.5, 0.6) is 5.75 Å². The first kappa shape index (κ1) is 11.8. The van der Waals surface area contributed by atoms with E-state index in [-0.39, 0.29) is 5.78 Å². The molecule has 0 spiro atoms. The van der Waals surface area contributed by atoms with E-state index < -0.39 is 0 Å². The minimum atomic E-state index is -0.0468. The zero-order valence-electron chi connectivity index (χ0n) is 7.93. The molecule has 1 aromatic carbocycles. The van der Waals surface area contributed by atoms with Crippen LogP contribution in [-0.4, -0.2) is 12.4 Å². The third kappa shape index (κ3) is 2.60. The Hall–Kier alpha value is -0.290. The van der Waals surface area contributed by atoms with E-state index >= 15 is 0 Å². The Labute approximate surface area is 102 Å². The number of ketones is 1. The summed E-state index contributed by atoms with van der Waals surface area (Å²) >= 11 is 8.06. The second-order valence-corrected chi connectivity index (χ2v) is 4.30. The Bertz CT molecular complexity index is 363. The van der Waals surface area contributed by atoms with Crippen molar-refractivity contribution in [2.24, 2.45) is 0 Å². The molecule has 14 heavy (non-hydrogen) atoms. The molecule has 0 saturated carbocycles. The predicted octanol–water partition coefficient (Wildman–Crippen LogP) is 3.55. The standard InChI is InChI=1S/C10H10ClIO2/c1-3-14-7-4-8(6(2)13)10(11)9(12)5-7/h4-5H,3H2,1-2H3. The van der Waals surface area contributed by atoms with Gasteiger partial charge in [0, 0.05) is 9.13 Å². The molecule has 4 heteroatoms. The third-order valence-electron chi connectivity index (χ3n) is 1.69. The fraction of sp³-hybridized carbons (Fsp3) is 0.300. The molecule has 76 valence electrons. The van der Waals surface area contributed by atoms with Gasteiger partial charge in [0.1, 0.15) is 5.75 Å². The lowest BCUT2D eigenvalue weighted by Crippen LogP contribution is -1.99.